The van der Waals surface area contributed by atoms with Crippen LogP contribution in [-0.4, -0.2) is 89.0 Å². The summed E-state index contributed by atoms with van der Waals surface area (Å²) in [5, 5.41) is 34.9. The summed E-state index contributed by atoms with van der Waals surface area (Å²) < 4.78 is 0. The molecule has 0 aliphatic carbocycles. The van der Waals surface area contributed by atoms with Crippen molar-refractivity contribution in [1.82, 2.24) is 16.0 Å². The molecule has 0 rings (SSSR count). The molecule has 0 aromatic heterocycles. The highest BCUT2D eigenvalue weighted by Gasteiger charge is 2.32. The van der Waals surface area contributed by atoms with Crippen molar-refractivity contribution in [2.75, 3.05) is 19.7 Å². The molecular weight excluding hydrogens is 424 g/mol. The predicted molar refractivity (Wildman–Crippen MR) is 116 cm³/mol. The van der Waals surface area contributed by atoms with E-state index in [1.807, 2.05) is 5.32 Å². The average Bonchev–Trinajstić information content (AvgIpc) is 2.74. The molecule has 3 amide bonds. The Bertz CT molecular complexity index is 605. The number of carboxylic acids is 1. The van der Waals surface area contributed by atoms with Gasteiger partial charge in [0, 0.05) is 0 Å². The van der Waals surface area contributed by atoms with Crippen molar-refractivity contribution in [3.8, 4) is 0 Å². The monoisotopic (exact) mass is 462 g/mol. The van der Waals surface area contributed by atoms with Crippen molar-refractivity contribution < 1.29 is 34.5 Å². The average molecular weight is 463 g/mol. The van der Waals surface area contributed by atoms with E-state index in [4.69, 9.17) is 27.4 Å². The normalized spacial score (nSPS) is 15.7. The first-order valence-corrected chi connectivity index (χ1v) is 10.7. The van der Waals surface area contributed by atoms with Crippen LogP contribution >= 0.6 is 0 Å². The number of unbranched alkanes of at least 4 members (excludes halogenated alkanes) is 2. The van der Waals surface area contributed by atoms with Crippen molar-refractivity contribution in [1.29, 1.82) is 0 Å². The van der Waals surface area contributed by atoms with E-state index in [2.05, 4.69) is 10.6 Å². The Morgan fingerprint density at radius 2 is 1.34 bits per heavy atom. The third-order valence-electron chi connectivity index (χ3n) is 4.75. The maximum atomic E-state index is 12.8. The van der Waals surface area contributed by atoms with Gasteiger partial charge in [-0.2, -0.15) is 0 Å². The van der Waals surface area contributed by atoms with Gasteiger partial charge in [-0.05, 0) is 52.1 Å². The first-order valence-electron chi connectivity index (χ1n) is 10.7. The second-order valence-electron chi connectivity index (χ2n) is 7.55. The highest BCUT2D eigenvalue weighted by molar-refractivity contribution is 5.94. The molecule has 5 atom stereocenters. The largest absolute Gasteiger partial charge is 0.480 e. The molecule has 13 heteroatoms. The maximum absolute atomic E-state index is 12.8. The quantitative estimate of drug-likeness (QED) is 0.0964. The van der Waals surface area contributed by atoms with Crippen LogP contribution in [0.2, 0.25) is 0 Å². The lowest BCUT2D eigenvalue weighted by atomic mass is 10.0. The van der Waals surface area contributed by atoms with Crippen LogP contribution in [0.4, 0.5) is 0 Å². The van der Waals surface area contributed by atoms with Crippen molar-refractivity contribution >= 4 is 23.7 Å². The Labute approximate surface area is 187 Å². The van der Waals surface area contributed by atoms with Gasteiger partial charge in [-0.25, -0.2) is 4.79 Å². The number of aliphatic hydroxyl groups excluding tert-OH is 2. The molecule has 0 bridgehead atoms. The fourth-order valence-electron chi connectivity index (χ4n) is 2.79. The smallest absolute Gasteiger partial charge is 0.328 e. The van der Waals surface area contributed by atoms with E-state index in [-0.39, 0.29) is 6.42 Å². The van der Waals surface area contributed by atoms with Crippen molar-refractivity contribution in [2.24, 2.45) is 17.2 Å². The molecule has 0 saturated heterocycles. The van der Waals surface area contributed by atoms with Gasteiger partial charge in [0.25, 0.3) is 0 Å². The molecule has 13 nitrogen and oxygen atoms in total. The SMILES string of the molecule is CC(O)C(NC(=O)C(CCCCN)NC(=O)C(N)CCCCN)C(=O)NC(CO)C(=O)O. The van der Waals surface area contributed by atoms with E-state index < -0.39 is 60.6 Å². The molecule has 0 aliphatic rings. The first-order chi connectivity index (χ1) is 15.1. The summed E-state index contributed by atoms with van der Waals surface area (Å²) in [6.07, 6.45) is 1.68. The minimum absolute atomic E-state index is 0.215. The van der Waals surface area contributed by atoms with Crippen molar-refractivity contribution in [3.63, 3.8) is 0 Å². The van der Waals surface area contributed by atoms with E-state index in [9.17, 15) is 24.3 Å². The Morgan fingerprint density at radius 1 is 0.812 bits per heavy atom. The first kappa shape index (κ1) is 29.7. The number of carbonyl (C=O) groups is 4. The van der Waals surface area contributed by atoms with Gasteiger partial charge in [0.05, 0.1) is 18.8 Å². The van der Waals surface area contributed by atoms with Gasteiger partial charge in [0.1, 0.15) is 18.1 Å². The number of aliphatic carboxylic acids is 1. The Balaban J connectivity index is 5.26. The predicted octanol–water partition coefficient (Wildman–Crippen LogP) is -3.52. The number of amides is 3. The van der Waals surface area contributed by atoms with Crippen LogP contribution in [-0.2, 0) is 19.2 Å². The Hall–Kier alpha value is -2.32. The second-order valence-corrected chi connectivity index (χ2v) is 7.55. The summed E-state index contributed by atoms with van der Waals surface area (Å²) in [5.41, 5.74) is 16.8. The van der Waals surface area contributed by atoms with Gasteiger partial charge in [0.15, 0.2) is 0 Å². The van der Waals surface area contributed by atoms with Gasteiger partial charge < -0.3 is 48.5 Å². The van der Waals surface area contributed by atoms with Gasteiger partial charge in [-0.3, -0.25) is 14.4 Å². The number of rotatable bonds is 17. The fourth-order valence-corrected chi connectivity index (χ4v) is 2.79. The molecule has 12 N–H and O–H groups in total. The van der Waals surface area contributed by atoms with E-state index in [0.29, 0.717) is 45.2 Å². The Morgan fingerprint density at radius 3 is 1.81 bits per heavy atom. The zero-order valence-electron chi connectivity index (χ0n) is 18.5. The second kappa shape index (κ2) is 16.3. The number of hydrogen-bond donors (Lipinski definition) is 9. The van der Waals surface area contributed by atoms with Gasteiger partial charge in [-0.1, -0.05) is 6.42 Å². The van der Waals surface area contributed by atoms with Crippen LogP contribution in [0, 0.1) is 0 Å². The molecule has 0 aromatic rings. The van der Waals surface area contributed by atoms with Crippen LogP contribution in [0.5, 0.6) is 0 Å². The molecule has 0 aromatic carbocycles. The van der Waals surface area contributed by atoms with Crippen LogP contribution in [0.25, 0.3) is 0 Å². The summed E-state index contributed by atoms with van der Waals surface area (Å²) in [5.74, 6) is -3.77. The molecule has 0 aliphatic heterocycles. The zero-order valence-corrected chi connectivity index (χ0v) is 18.5. The van der Waals surface area contributed by atoms with E-state index in [1.54, 1.807) is 0 Å². The third-order valence-corrected chi connectivity index (χ3v) is 4.75. The Kier molecular flexibility index (Phi) is 15.1. The topological polar surface area (TPSA) is 243 Å². The molecule has 5 unspecified atom stereocenters. The van der Waals surface area contributed by atoms with Crippen LogP contribution in [0.1, 0.15) is 45.4 Å². The van der Waals surface area contributed by atoms with Crippen LogP contribution in [0.15, 0.2) is 0 Å². The number of aliphatic hydroxyl groups is 2. The summed E-state index contributed by atoms with van der Waals surface area (Å²) in [6.45, 7) is 1.22. The van der Waals surface area contributed by atoms with Crippen LogP contribution in [0.3, 0.4) is 0 Å². The minimum atomic E-state index is -1.60. The van der Waals surface area contributed by atoms with E-state index in [0.717, 1.165) is 0 Å². The third kappa shape index (κ3) is 11.3. The lowest BCUT2D eigenvalue weighted by Gasteiger charge is -2.26. The molecule has 0 saturated carbocycles. The summed E-state index contributed by atoms with van der Waals surface area (Å²) >= 11 is 0. The van der Waals surface area contributed by atoms with Crippen LogP contribution < -0.4 is 33.2 Å². The number of nitrogens with one attached hydrogen (secondary N) is 3. The standard InChI is InChI=1S/C19H38N6O7/c1-11(27)15(18(30)24-14(10-26)19(31)32)25-17(29)13(7-3-5-9-21)23-16(28)12(22)6-2-4-8-20/h11-15,26-27H,2-10,20-22H2,1H3,(H,23,28)(H,24,30)(H,25,29)(H,31,32). The van der Waals surface area contributed by atoms with Crippen molar-refractivity contribution in [2.45, 2.75) is 75.7 Å². The number of carbonyl (C=O) groups excluding carboxylic acids is 3. The van der Waals surface area contributed by atoms with E-state index >= 15 is 0 Å². The molecule has 186 valence electrons. The minimum Gasteiger partial charge on any atom is -0.480 e. The van der Waals surface area contributed by atoms with Gasteiger partial charge >= 0.3 is 5.97 Å². The molecule has 32 heavy (non-hydrogen) atoms. The zero-order chi connectivity index (χ0) is 24.7. The highest BCUT2D eigenvalue weighted by atomic mass is 16.4. The van der Waals surface area contributed by atoms with Crippen molar-refractivity contribution in [3.05, 3.63) is 0 Å². The highest BCUT2D eigenvalue weighted by Crippen LogP contribution is 2.05. The number of nitrogens with two attached hydrogens (primary N) is 3. The summed E-state index contributed by atoms with van der Waals surface area (Å²) in [4.78, 5) is 48.6. The summed E-state index contributed by atoms with van der Waals surface area (Å²) in [6, 6.07) is -5.00. The molecule has 0 heterocycles. The number of carboxylic acid groups (broad SMARTS) is 1. The maximum Gasteiger partial charge on any atom is 0.328 e. The van der Waals surface area contributed by atoms with Gasteiger partial charge in [-0.15, -0.1) is 0 Å². The fraction of sp³-hybridized carbons (Fsp3) is 0.789. The lowest BCUT2D eigenvalue weighted by Crippen LogP contribution is -2.60. The molecule has 0 spiro atoms. The van der Waals surface area contributed by atoms with Gasteiger partial charge in [0.2, 0.25) is 17.7 Å². The lowest BCUT2D eigenvalue weighted by molar-refractivity contribution is -0.144. The van der Waals surface area contributed by atoms with E-state index in [1.165, 1.54) is 6.92 Å². The molecule has 0 radical (unpaired) electrons. The molecular formula is C19H38N6O7. The summed E-state index contributed by atoms with van der Waals surface area (Å²) in [7, 11) is 0. The number of hydrogen-bond acceptors (Lipinski definition) is 9. The molecule has 0 fully saturated rings.